The molecule has 1 N–H and O–H groups in total. The average Bonchev–Trinajstić information content (AvgIpc) is 2.82. The van der Waals surface area contributed by atoms with E-state index < -0.39 is 0 Å². The van der Waals surface area contributed by atoms with E-state index in [1.807, 2.05) is 23.5 Å². The SMILES string of the molecule is CCNC(c1ccc(C)s1)c1ccccc1OC. The smallest absolute Gasteiger partial charge is 0.124 e. The Bertz CT molecular complexity index is 507. The van der Waals surface area contributed by atoms with Crippen LogP contribution in [0.2, 0.25) is 0 Å². The van der Waals surface area contributed by atoms with Crippen LogP contribution in [0.3, 0.4) is 0 Å². The fraction of sp³-hybridized carbons (Fsp3) is 0.333. The summed E-state index contributed by atoms with van der Waals surface area (Å²) in [7, 11) is 1.72. The molecular formula is C15H19NOS. The van der Waals surface area contributed by atoms with Crippen molar-refractivity contribution in [3.63, 3.8) is 0 Å². The van der Waals surface area contributed by atoms with E-state index >= 15 is 0 Å². The van der Waals surface area contributed by atoms with Gasteiger partial charge in [0.1, 0.15) is 5.75 Å². The van der Waals surface area contributed by atoms with Gasteiger partial charge in [-0.2, -0.15) is 0 Å². The Labute approximate surface area is 113 Å². The molecule has 1 atom stereocenters. The summed E-state index contributed by atoms with van der Waals surface area (Å²) in [6, 6.07) is 12.8. The molecule has 0 saturated heterocycles. The first-order chi connectivity index (χ1) is 8.76. The quantitative estimate of drug-likeness (QED) is 0.884. The molecule has 1 aromatic carbocycles. The number of rotatable bonds is 5. The van der Waals surface area contributed by atoms with Crippen LogP contribution in [0.4, 0.5) is 0 Å². The maximum Gasteiger partial charge on any atom is 0.124 e. The summed E-state index contributed by atoms with van der Waals surface area (Å²) >= 11 is 1.83. The number of methoxy groups -OCH3 is 1. The molecule has 1 aromatic heterocycles. The molecule has 2 aromatic rings. The molecule has 0 aliphatic heterocycles. The molecule has 18 heavy (non-hydrogen) atoms. The summed E-state index contributed by atoms with van der Waals surface area (Å²) in [4.78, 5) is 2.67. The summed E-state index contributed by atoms with van der Waals surface area (Å²) in [5.74, 6) is 0.939. The van der Waals surface area contributed by atoms with Crippen LogP contribution in [0, 0.1) is 6.92 Å². The Morgan fingerprint density at radius 1 is 1.22 bits per heavy atom. The van der Waals surface area contributed by atoms with Crippen molar-refractivity contribution in [3.8, 4) is 5.75 Å². The summed E-state index contributed by atoms with van der Waals surface area (Å²) in [5, 5.41) is 3.53. The van der Waals surface area contributed by atoms with Gasteiger partial charge in [-0.15, -0.1) is 11.3 Å². The number of aryl methyl sites for hydroxylation is 1. The number of benzene rings is 1. The maximum atomic E-state index is 5.47. The van der Waals surface area contributed by atoms with Crippen molar-refractivity contribution in [2.45, 2.75) is 19.9 Å². The molecule has 2 rings (SSSR count). The lowest BCUT2D eigenvalue weighted by Gasteiger charge is -2.19. The van der Waals surface area contributed by atoms with Gasteiger partial charge in [-0.3, -0.25) is 0 Å². The highest BCUT2D eigenvalue weighted by Gasteiger charge is 2.18. The van der Waals surface area contributed by atoms with Crippen molar-refractivity contribution in [3.05, 3.63) is 51.7 Å². The van der Waals surface area contributed by atoms with Gasteiger partial charge in [-0.25, -0.2) is 0 Å². The minimum Gasteiger partial charge on any atom is -0.496 e. The molecule has 0 bridgehead atoms. The lowest BCUT2D eigenvalue weighted by molar-refractivity contribution is 0.404. The Morgan fingerprint density at radius 3 is 2.61 bits per heavy atom. The highest BCUT2D eigenvalue weighted by atomic mass is 32.1. The van der Waals surface area contributed by atoms with Gasteiger partial charge in [0.05, 0.1) is 13.2 Å². The molecule has 96 valence electrons. The molecule has 0 aliphatic rings. The van der Waals surface area contributed by atoms with Crippen LogP contribution < -0.4 is 10.1 Å². The van der Waals surface area contributed by atoms with E-state index in [0.29, 0.717) is 0 Å². The second-order valence-electron chi connectivity index (χ2n) is 4.18. The van der Waals surface area contributed by atoms with E-state index in [1.54, 1.807) is 7.11 Å². The van der Waals surface area contributed by atoms with Crippen LogP contribution in [0.5, 0.6) is 5.75 Å². The Morgan fingerprint density at radius 2 is 2.00 bits per heavy atom. The van der Waals surface area contributed by atoms with Crippen LogP contribution in [0.25, 0.3) is 0 Å². The predicted molar refractivity (Wildman–Crippen MR) is 77.6 cm³/mol. The third-order valence-electron chi connectivity index (χ3n) is 2.90. The first-order valence-electron chi connectivity index (χ1n) is 6.19. The van der Waals surface area contributed by atoms with Crippen LogP contribution in [0.1, 0.15) is 28.3 Å². The molecule has 1 unspecified atom stereocenters. The number of para-hydroxylation sites is 1. The molecule has 2 nitrogen and oxygen atoms in total. The number of ether oxygens (including phenoxy) is 1. The van der Waals surface area contributed by atoms with Crippen molar-refractivity contribution in [1.29, 1.82) is 0 Å². The lowest BCUT2D eigenvalue weighted by atomic mass is 10.0. The molecule has 0 spiro atoms. The summed E-state index contributed by atoms with van der Waals surface area (Å²) in [5.41, 5.74) is 1.20. The standard InChI is InChI=1S/C15H19NOS/c1-4-16-15(14-10-9-11(2)18-14)12-7-5-6-8-13(12)17-3/h5-10,15-16H,4H2,1-3H3. The number of nitrogens with one attached hydrogen (secondary N) is 1. The van der Waals surface area contributed by atoms with E-state index in [4.69, 9.17) is 4.74 Å². The van der Waals surface area contributed by atoms with Crippen molar-refractivity contribution in [1.82, 2.24) is 5.32 Å². The second kappa shape index (κ2) is 6.03. The minimum atomic E-state index is 0.213. The van der Waals surface area contributed by atoms with E-state index in [0.717, 1.165) is 12.3 Å². The average molecular weight is 261 g/mol. The van der Waals surface area contributed by atoms with E-state index in [1.165, 1.54) is 15.3 Å². The summed E-state index contributed by atoms with van der Waals surface area (Å²) < 4.78 is 5.47. The van der Waals surface area contributed by atoms with Gasteiger partial charge in [0.25, 0.3) is 0 Å². The van der Waals surface area contributed by atoms with E-state index in [9.17, 15) is 0 Å². The number of hydrogen-bond donors (Lipinski definition) is 1. The minimum absolute atomic E-state index is 0.213. The van der Waals surface area contributed by atoms with Gasteiger partial charge in [0.15, 0.2) is 0 Å². The molecule has 0 saturated carbocycles. The van der Waals surface area contributed by atoms with E-state index in [2.05, 4.69) is 43.4 Å². The largest absolute Gasteiger partial charge is 0.496 e. The lowest BCUT2D eigenvalue weighted by Crippen LogP contribution is -2.21. The normalized spacial score (nSPS) is 12.4. The predicted octanol–water partition coefficient (Wildman–Crippen LogP) is 3.76. The Hall–Kier alpha value is -1.32. The zero-order chi connectivity index (χ0) is 13.0. The monoisotopic (exact) mass is 261 g/mol. The first-order valence-corrected chi connectivity index (χ1v) is 7.00. The van der Waals surface area contributed by atoms with Crippen LogP contribution in [0.15, 0.2) is 36.4 Å². The number of hydrogen-bond acceptors (Lipinski definition) is 3. The van der Waals surface area contributed by atoms with Gasteiger partial charge in [-0.05, 0) is 31.7 Å². The highest BCUT2D eigenvalue weighted by molar-refractivity contribution is 7.12. The van der Waals surface area contributed by atoms with Crippen LogP contribution >= 0.6 is 11.3 Å². The number of thiophene rings is 1. The molecule has 0 amide bonds. The fourth-order valence-electron chi connectivity index (χ4n) is 2.08. The zero-order valence-corrected chi connectivity index (χ0v) is 11.9. The van der Waals surface area contributed by atoms with Gasteiger partial charge in [-0.1, -0.05) is 25.1 Å². The molecule has 0 fully saturated rings. The fourth-order valence-corrected chi connectivity index (χ4v) is 3.05. The topological polar surface area (TPSA) is 21.3 Å². The highest BCUT2D eigenvalue weighted by Crippen LogP contribution is 2.33. The van der Waals surface area contributed by atoms with Gasteiger partial charge in [0.2, 0.25) is 0 Å². The third-order valence-corrected chi connectivity index (χ3v) is 3.97. The summed E-state index contributed by atoms with van der Waals surface area (Å²) in [6.45, 7) is 5.20. The van der Waals surface area contributed by atoms with E-state index in [-0.39, 0.29) is 6.04 Å². The molecule has 3 heteroatoms. The third kappa shape index (κ3) is 2.74. The Balaban J connectivity index is 2.41. The second-order valence-corrected chi connectivity index (χ2v) is 5.50. The van der Waals surface area contributed by atoms with Crippen LogP contribution in [-0.2, 0) is 0 Å². The van der Waals surface area contributed by atoms with Gasteiger partial charge >= 0.3 is 0 Å². The molecule has 0 aliphatic carbocycles. The van der Waals surface area contributed by atoms with Crippen molar-refractivity contribution >= 4 is 11.3 Å². The van der Waals surface area contributed by atoms with Crippen molar-refractivity contribution < 1.29 is 4.74 Å². The van der Waals surface area contributed by atoms with Crippen molar-refractivity contribution in [2.75, 3.05) is 13.7 Å². The van der Waals surface area contributed by atoms with Crippen LogP contribution in [-0.4, -0.2) is 13.7 Å². The van der Waals surface area contributed by atoms with Crippen molar-refractivity contribution in [2.24, 2.45) is 0 Å². The maximum absolute atomic E-state index is 5.47. The first kappa shape index (κ1) is 13.1. The molecular weight excluding hydrogens is 242 g/mol. The van der Waals surface area contributed by atoms with Gasteiger partial charge in [0, 0.05) is 15.3 Å². The molecule has 0 radical (unpaired) electrons. The molecule has 1 heterocycles. The van der Waals surface area contributed by atoms with Gasteiger partial charge < -0.3 is 10.1 Å². The Kier molecular flexibility index (Phi) is 4.39. The zero-order valence-electron chi connectivity index (χ0n) is 11.1. The summed E-state index contributed by atoms with van der Waals surface area (Å²) in [6.07, 6.45) is 0.